The van der Waals surface area contributed by atoms with Crippen molar-refractivity contribution in [2.75, 3.05) is 6.61 Å². The number of amides is 1. The zero-order valence-corrected chi connectivity index (χ0v) is 21.9. The van der Waals surface area contributed by atoms with E-state index in [4.69, 9.17) is 16.3 Å². The fourth-order valence-electron chi connectivity index (χ4n) is 3.89. The number of nitrogens with one attached hydrogen (secondary N) is 1. The first kappa shape index (κ1) is 29.2. The van der Waals surface area contributed by atoms with Gasteiger partial charge in [0.1, 0.15) is 12.3 Å². The molecule has 0 bridgehead atoms. The van der Waals surface area contributed by atoms with E-state index in [0.29, 0.717) is 34.7 Å². The second kappa shape index (κ2) is 12.4. The van der Waals surface area contributed by atoms with E-state index in [-0.39, 0.29) is 36.2 Å². The third-order valence-electron chi connectivity index (χ3n) is 5.54. The van der Waals surface area contributed by atoms with E-state index in [1.807, 2.05) is 13.8 Å². The van der Waals surface area contributed by atoms with E-state index < -0.39 is 18.5 Å². The number of carbonyl (C=O) groups excluding carboxylic acids is 2. The van der Waals surface area contributed by atoms with Gasteiger partial charge < -0.3 is 19.7 Å². The molecule has 38 heavy (non-hydrogen) atoms. The zero-order valence-electron chi connectivity index (χ0n) is 21.2. The van der Waals surface area contributed by atoms with Crippen LogP contribution >= 0.6 is 11.6 Å². The topological polar surface area (TPSA) is 93.4 Å². The largest absolute Gasteiger partial charge is 0.489 e. The molecule has 7 nitrogen and oxygen atoms in total. The van der Waals surface area contributed by atoms with Gasteiger partial charge in [-0.3, -0.25) is 9.59 Å². The Kier molecular flexibility index (Phi) is 9.56. The van der Waals surface area contributed by atoms with Crippen LogP contribution in [-0.2, 0) is 13.0 Å². The summed E-state index contributed by atoms with van der Waals surface area (Å²) in [6, 6.07) is 11.3. The van der Waals surface area contributed by atoms with Crippen LogP contribution in [0, 0.1) is 0 Å². The average Bonchev–Trinajstić information content (AvgIpc) is 3.23. The fourth-order valence-corrected chi connectivity index (χ4v) is 4.11. The van der Waals surface area contributed by atoms with Crippen LogP contribution < -0.4 is 10.1 Å². The van der Waals surface area contributed by atoms with Crippen LogP contribution in [0.5, 0.6) is 5.75 Å². The minimum atomic E-state index is -4.49. The molecule has 11 heteroatoms. The third-order valence-corrected chi connectivity index (χ3v) is 5.84. The molecule has 0 aliphatic rings. The molecule has 1 unspecified atom stereocenters. The van der Waals surface area contributed by atoms with E-state index in [9.17, 15) is 27.9 Å². The Morgan fingerprint density at radius 1 is 1.16 bits per heavy atom. The SMILES string of the molecule is CC(=O)c1nc(-c2ccc(CC(CCO)NC(=O)c3ccc(OC(C)C)c(Cl)c3)cc2)cn1CC(F)(F)F. The van der Waals surface area contributed by atoms with E-state index in [1.165, 1.54) is 19.2 Å². The van der Waals surface area contributed by atoms with Crippen molar-refractivity contribution in [1.29, 1.82) is 0 Å². The first-order valence-electron chi connectivity index (χ1n) is 12.0. The van der Waals surface area contributed by atoms with Gasteiger partial charge in [-0.1, -0.05) is 35.9 Å². The molecule has 3 aromatic rings. The van der Waals surface area contributed by atoms with Crippen LogP contribution in [0.15, 0.2) is 48.7 Å². The van der Waals surface area contributed by atoms with Crippen molar-refractivity contribution < 1.29 is 32.6 Å². The molecule has 2 aromatic carbocycles. The van der Waals surface area contributed by atoms with Crippen molar-refractivity contribution in [3.05, 3.63) is 70.6 Å². The van der Waals surface area contributed by atoms with Crippen molar-refractivity contribution >= 4 is 23.3 Å². The summed E-state index contributed by atoms with van der Waals surface area (Å²) < 4.78 is 45.1. The van der Waals surface area contributed by atoms with Crippen LogP contribution in [0.3, 0.4) is 0 Å². The molecule has 1 aromatic heterocycles. The summed E-state index contributed by atoms with van der Waals surface area (Å²) in [6.45, 7) is 3.45. The van der Waals surface area contributed by atoms with Crippen molar-refractivity contribution in [2.24, 2.45) is 0 Å². The number of aliphatic hydroxyl groups is 1. The van der Waals surface area contributed by atoms with Gasteiger partial charge in [0, 0.05) is 36.9 Å². The number of alkyl halides is 3. The molecule has 0 aliphatic heterocycles. The Bertz CT molecular complexity index is 1270. The Morgan fingerprint density at radius 2 is 1.84 bits per heavy atom. The maximum atomic E-state index is 12.9. The number of hydrogen-bond acceptors (Lipinski definition) is 5. The number of ether oxygens (including phenoxy) is 1. The fraction of sp³-hybridized carbons (Fsp3) is 0.370. The molecule has 0 aliphatic carbocycles. The molecule has 0 fully saturated rings. The predicted octanol–water partition coefficient (Wildman–Crippen LogP) is 5.48. The second-order valence-electron chi connectivity index (χ2n) is 9.14. The van der Waals surface area contributed by atoms with Gasteiger partial charge in [-0.2, -0.15) is 13.2 Å². The molecule has 2 N–H and O–H groups in total. The highest BCUT2D eigenvalue weighted by Gasteiger charge is 2.30. The Labute approximate surface area is 223 Å². The third kappa shape index (κ3) is 8.06. The minimum Gasteiger partial charge on any atom is -0.489 e. The normalized spacial score (nSPS) is 12.4. The van der Waals surface area contributed by atoms with Crippen LogP contribution in [-0.4, -0.2) is 51.3 Å². The summed E-state index contributed by atoms with van der Waals surface area (Å²) in [4.78, 5) is 28.7. The number of hydrogen-bond donors (Lipinski definition) is 2. The summed E-state index contributed by atoms with van der Waals surface area (Å²) in [6.07, 6.45) is -2.65. The van der Waals surface area contributed by atoms with Gasteiger partial charge in [-0.15, -0.1) is 0 Å². The molecule has 1 amide bonds. The molecule has 0 saturated heterocycles. The van der Waals surface area contributed by atoms with Crippen molar-refractivity contribution in [3.8, 4) is 17.0 Å². The number of carbonyl (C=O) groups is 2. The summed E-state index contributed by atoms with van der Waals surface area (Å²) >= 11 is 6.24. The number of aromatic nitrogens is 2. The summed E-state index contributed by atoms with van der Waals surface area (Å²) in [7, 11) is 0. The lowest BCUT2D eigenvalue weighted by Gasteiger charge is -2.19. The van der Waals surface area contributed by atoms with Gasteiger partial charge >= 0.3 is 6.18 Å². The number of ketones is 1. The molecule has 0 saturated carbocycles. The molecule has 1 heterocycles. The van der Waals surface area contributed by atoms with Crippen LogP contribution in [0.1, 0.15) is 53.7 Å². The number of benzene rings is 2. The van der Waals surface area contributed by atoms with Gasteiger partial charge in [0.15, 0.2) is 11.6 Å². The average molecular weight is 552 g/mol. The van der Waals surface area contributed by atoms with Crippen molar-refractivity contribution in [2.45, 2.75) is 58.5 Å². The van der Waals surface area contributed by atoms with E-state index in [0.717, 1.165) is 10.1 Å². The maximum Gasteiger partial charge on any atom is 0.406 e. The number of Topliss-reactive ketones (excluding diaryl/α,β-unsaturated/α-hetero) is 1. The van der Waals surface area contributed by atoms with Gasteiger partial charge in [-0.05, 0) is 50.5 Å². The number of aliphatic hydroxyl groups excluding tert-OH is 1. The molecular formula is C27H29ClF3N3O4. The standard InChI is InChI=1S/C27H29ClF3N3O4/c1-16(2)38-24-9-8-20(13-22(24)28)26(37)32-21(10-11-35)12-18-4-6-19(7-5-18)23-14-34(15-27(29,30)31)25(33-23)17(3)36/h4-9,13-14,16,21,35H,10-12,15H2,1-3H3,(H,32,37). The second-order valence-corrected chi connectivity index (χ2v) is 9.55. The summed E-state index contributed by atoms with van der Waals surface area (Å²) in [5.41, 5.74) is 1.96. The first-order chi connectivity index (χ1) is 17.9. The predicted molar refractivity (Wildman–Crippen MR) is 138 cm³/mol. The summed E-state index contributed by atoms with van der Waals surface area (Å²) in [5, 5.41) is 12.7. The number of nitrogens with zero attached hydrogens (tertiary/aromatic N) is 2. The Balaban J connectivity index is 1.72. The van der Waals surface area contributed by atoms with Crippen molar-refractivity contribution in [1.82, 2.24) is 14.9 Å². The van der Waals surface area contributed by atoms with Gasteiger partial charge in [0.05, 0.1) is 16.8 Å². The minimum absolute atomic E-state index is 0.0701. The van der Waals surface area contributed by atoms with E-state index in [1.54, 1.807) is 36.4 Å². The Hall–Kier alpha value is -3.37. The molecular weight excluding hydrogens is 523 g/mol. The number of rotatable bonds is 11. The molecule has 0 radical (unpaired) electrons. The molecule has 3 rings (SSSR count). The quantitative estimate of drug-likeness (QED) is 0.308. The highest BCUT2D eigenvalue weighted by Crippen LogP contribution is 2.27. The van der Waals surface area contributed by atoms with Crippen LogP contribution in [0.2, 0.25) is 5.02 Å². The highest BCUT2D eigenvalue weighted by molar-refractivity contribution is 6.32. The zero-order chi connectivity index (χ0) is 28.0. The van der Waals surface area contributed by atoms with Crippen molar-refractivity contribution in [3.63, 3.8) is 0 Å². The Morgan fingerprint density at radius 3 is 2.39 bits per heavy atom. The molecule has 0 spiro atoms. The highest BCUT2D eigenvalue weighted by atomic mass is 35.5. The number of halogens is 4. The van der Waals surface area contributed by atoms with E-state index in [2.05, 4.69) is 10.3 Å². The number of imidazole rings is 1. The maximum absolute atomic E-state index is 12.9. The van der Waals surface area contributed by atoms with Crippen LogP contribution in [0.4, 0.5) is 13.2 Å². The lowest BCUT2D eigenvalue weighted by molar-refractivity contribution is -0.140. The van der Waals surface area contributed by atoms with E-state index >= 15 is 0 Å². The first-order valence-corrected chi connectivity index (χ1v) is 12.4. The monoisotopic (exact) mass is 551 g/mol. The summed E-state index contributed by atoms with van der Waals surface area (Å²) in [5.74, 6) is -0.715. The smallest absolute Gasteiger partial charge is 0.406 e. The van der Waals surface area contributed by atoms with Gasteiger partial charge in [0.25, 0.3) is 5.91 Å². The molecule has 204 valence electrons. The van der Waals surface area contributed by atoms with Crippen LogP contribution in [0.25, 0.3) is 11.3 Å². The molecule has 1 atom stereocenters. The van der Waals surface area contributed by atoms with Gasteiger partial charge in [0.2, 0.25) is 0 Å². The van der Waals surface area contributed by atoms with Gasteiger partial charge in [-0.25, -0.2) is 4.98 Å². The lowest BCUT2D eigenvalue weighted by Crippen LogP contribution is -2.37. The lowest BCUT2D eigenvalue weighted by atomic mass is 10.0.